The minimum Gasteiger partial charge on any atom is -0.227 e. The third-order valence-electron chi connectivity index (χ3n) is 6.45. The summed E-state index contributed by atoms with van der Waals surface area (Å²) in [6.45, 7) is 25.2. The van der Waals surface area contributed by atoms with Gasteiger partial charge in [0, 0.05) is 6.42 Å². The van der Waals surface area contributed by atoms with Crippen molar-refractivity contribution in [1.29, 1.82) is 0 Å². The van der Waals surface area contributed by atoms with Crippen molar-refractivity contribution in [3.63, 3.8) is 0 Å². The van der Waals surface area contributed by atoms with Crippen molar-refractivity contribution in [2.24, 2.45) is 10.8 Å². The molecular formula is C24H50O4. The van der Waals surface area contributed by atoms with E-state index in [4.69, 9.17) is 19.6 Å². The van der Waals surface area contributed by atoms with Crippen molar-refractivity contribution in [3.8, 4) is 0 Å². The minimum atomic E-state index is -0.949. The van der Waals surface area contributed by atoms with Crippen molar-refractivity contribution < 1.29 is 19.6 Å². The summed E-state index contributed by atoms with van der Waals surface area (Å²) in [6, 6.07) is 0. The van der Waals surface area contributed by atoms with E-state index in [-0.39, 0.29) is 10.8 Å². The highest BCUT2D eigenvalue weighted by atomic mass is 17.3. The van der Waals surface area contributed by atoms with Gasteiger partial charge in [0.25, 0.3) is 0 Å². The third-order valence-corrected chi connectivity index (χ3v) is 6.45. The Morgan fingerprint density at radius 1 is 0.464 bits per heavy atom. The monoisotopic (exact) mass is 402 g/mol. The van der Waals surface area contributed by atoms with Crippen LogP contribution in [0.2, 0.25) is 0 Å². The molecule has 0 heterocycles. The number of hydrogen-bond donors (Lipinski definition) is 0. The van der Waals surface area contributed by atoms with Gasteiger partial charge in [-0.05, 0) is 51.9 Å². The Labute approximate surface area is 175 Å². The first-order chi connectivity index (χ1) is 12.5. The molecule has 0 bridgehead atoms. The standard InChI is InChI=1S/C24H50O4/c1-13-14-15-16-17-18-19-24(12,27-25-22(8,9)20(2,3)4)28-26-23(10,11)21(5,6)7/h13-19H2,1-12H3. The lowest BCUT2D eigenvalue weighted by molar-refractivity contribution is -0.548. The van der Waals surface area contributed by atoms with Crippen LogP contribution >= 0.6 is 0 Å². The molecule has 4 nitrogen and oxygen atoms in total. The van der Waals surface area contributed by atoms with Crippen LogP contribution in [-0.4, -0.2) is 17.0 Å². The lowest BCUT2D eigenvalue weighted by Gasteiger charge is -2.42. The first-order valence-corrected chi connectivity index (χ1v) is 11.2. The van der Waals surface area contributed by atoms with E-state index in [1.54, 1.807) is 0 Å². The third kappa shape index (κ3) is 9.56. The largest absolute Gasteiger partial charge is 0.231 e. The maximum absolute atomic E-state index is 5.91. The van der Waals surface area contributed by atoms with E-state index in [1.807, 2.05) is 34.6 Å². The molecule has 0 aromatic rings. The molecule has 0 unspecified atom stereocenters. The Bertz CT molecular complexity index is 397. The van der Waals surface area contributed by atoms with Crippen LogP contribution in [0.4, 0.5) is 0 Å². The van der Waals surface area contributed by atoms with Gasteiger partial charge in [0.05, 0.1) is 0 Å². The Kier molecular flexibility index (Phi) is 10.7. The van der Waals surface area contributed by atoms with Crippen LogP contribution in [0.15, 0.2) is 0 Å². The summed E-state index contributed by atoms with van der Waals surface area (Å²) in [5, 5.41) is 0. The molecule has 28 heavy (non-hydrogen) atoms. The summed E-state index contributed by atoms with van der Waals surface area (Å²) in [5.74, 6) is -0.949. The fourth-order valence-corrected chi connectivity index (χ4v) is 1.96. The van der Waals surface area contributed by atoms with Crippen molar-refractivity contribution >= 4 is 0 Å². The molecule has 0 saturated heterocycles. The molecule has 0 aliphatic rings. The van der Waals surface area contributed by atoms with E-state index in [0.717, 1.165) is 19.3 Å². The molecule has 0 amide bonds. The van der Waals surface area contributed by atoms with E-state index in [2.05, 4.69) is 48.5 Å². The zero-order valence-electron chi connectivity index (χ0n) is 21.1. The van der Waals surface area contributed by atoms with Crippen molar-refractivity contribution in [2.75, 3.05) is 0 Å². The smallest absolute Gasteiger partial charge is 0.227 e. The highest BCUT2D eigenvalue weighted by Gasteiger charge is 2.42. The van der Waals surface area contributed by atoms with Crippen molar-refractivity contribution in [2.45, 2.75) is 145 Å². The first-order valence-electron chi connectivity index (χ1n) is 11.2. The van der Waals surface area contributed by atoms with E-state index in [1.165, 1.54) is 25.7 Å². The van der Waals surface area contributed by atoms with Gasteiger partial charge in [-0.25, -0.2) is 9.78 Å². The molecule has 0 N–H and O–H groups in total. The quantitative estimate of drug-likeness (QED) is 0.135. The average molecular weight is 403 g/mol. The number of hydrogen-bond acceptors (Lipinski definition) is 4. The van der Waals surface area contributed by atoms with Crippen LogP contribution in [0, 0.1) is 10.8 Å². The summed E-state index contributed by atoms with van der Waals surface area (Å²) >= 11 is 0. The van der Waals surface area contributed by atoms with Crippen molar-refractivity contribution in [3.05, 3.63) is 0 Å². The number of unbranched alkanes of at least 4 members (excludes halogenated alkanes) is 5. The topological polar surface area (TPSA) is 36.9 Å². The van der Waals surface area contributed by atoms with Gasteiger partial charge in [0.1, 0.15) is 11.2 Å². The second-order valence-corrected chi connectivity index (χ2v) is 11.5. The van der Waals surface area contributed by atoms with Gasteiger partial charge in [0.15, 0.2) is 0 Å². The minimum absolute atomic E-state index is 0.0698. The van der Waals surface area contributed by atoms with Crippen LogP contribution < -0.4 is 0 Å². The fourth-order valence-electron chi connectivity index (χ4n) is 1.96. The second-order valence-electron chi connectivity index (χ2n) is 11.5. The van der Waals surface area contributed by atoms with Gasteiger partial charge in [-0.2, -0.15) is 9.78 Å². The molecule has 0 aliphatic carbocycles. The lowest BCUT2D eigenvalue weighted by Crippen LogP contribution is -2.46. The SMILES string of the molecule is CCCCCCCCC(C)(OOC(C)(C)C(C)(C)C)OOC(C)(C)C(C)(C)C. The lowest BCUT2D eigenvalue weighted by atomic mass is 9.79. The van der Waals surface area contributed by atoms with Gasteiger partial charge < -0.3 is 0 Å². The van der Waals surface area contributed by atoms with E-state index < -0.39 is 17.0 Å². The molecule has 0 rings (SSSR count). The van der Waals surface area contributed by atoms with E-state index >= 15 is 0 Å². The Morgan fingerprint density at radius 2 is 0.821 bits per heavy atom. The molecule has 170 valence electrons. The predicted molar refractivity (Wildman–Crippen MR) is 118 cm³/mol. The maximum Gasteiger partial charge on any atom is 0.231 e. The maximum atomic E-state index is 5.91. The van der Waals surface area contributed by atoms with Gasteiger partial charge >= 0.3 is 0 Å². The molecule has 0 atom stereocenters. The molecular weight excluding hydrogens is 352 g/mol. The van der Waals surface area contributed by atoms with E-state index in [9.17, 15) is 0 Å². The van der Waals surface area contributed by atoms with Crippen LogP contribution in [0.5, 0.6) is 0 Å². The summed E-state index contributed by atoms with van der Waals surface area (Å²) in [5.41, 5.74) is -1.06. The first kappa shape index (κ1) is 27.8. The molecule has 0 aromatic heterocycles. The Hall–Kier alpha value is -0.160. The molecule has 0 radical (unpaired) electrons. The number of rotatable bonds is 13. The molecule has 0 spiro atoms. The van der Waals surface area contributed by atoms with Crippen LogP contribution in [0.3, 0.4) is 0 Å². The molecule has 4 heteroatoms. The molecule has 0 aliphatic heterocycles. The highest BCUT2D eigenvalue weighted by Crippen LogP contribution is 2.38. The highest BCUT2D eigenvalue weighted by molar-refractivity contribution is 4.83. The summed E-state index contributed by atoms with van der Waals surface area (Å²) < 4.78 is 0. The van der Waals surface area contributed by atoms with E-state index in [0.29, 0.717) is 0 Å². The summed E-state index contributed by atoms with van der Waals surface area (Å²) in [6.07, 6.45) is 7.99. The van der Waals surface area contributed by atoms with Gasteiger partial charge in [0.2, 0.25) is 5.79 Å². The summed E-state index contributed by atoms with van der Waals surface area (Å²) in [4.78, 5) is 23.6. The second kappa shape index (κ2) is 10.7. The average Bonchev–Trinajstić information content (AvgIpc) is 2.53. The fraction of sp³-hybridized carbons (Fsp3) is 1.00. The van der Waals surface area contributed by atoms with Crippen LogP contribution in [0.25, 0.3) is 0 Å². The zero-order valence-corrected chi connectivity index (χ0v) is 21.1. The van der Waals surface area contributed by atoms with Gasteiger partial charge in [-0.1, -0.05) is 80.6 Å². The van der Waals surface area contributed by atoms with Crippen LogP contribution in [-0.2, 0) is 19.6 Å². The molecule has 0 fully saturated rings. The van der Waals surface area contributed by atoms with Crippen LogP contribution in [0.1, 0.15) is 128 Å². The Balaban J connectivity index is 4.99. The zero-order chi connectivity index (χ0) is 22.3. The van der Waals surface area contributed by atoms with Gasteiger partial charge in [-0.15, -0.1) is 0 Å². The van der Waals surface area contributed by atoms with Crippen molar-refractivity contribution in [1.82, 2.24) is 0 Å². The molecule has 0 saturated carbocycles. The van der Waals surface area contributed by atoms with Gasteiger partial charge in [-0.3, -0.25) is 0 Å². The predicted octanol–water partition coefficient (Wildman–Crippen LogP) is 8.00. The molecule has 0 aromatic carbocycles. The summed E-state index contributed by atoms with van der Waals surface area (Å²) in [7, 11) is 0. The Morgan fingerprint density at radius 3 is 1.18 bits per heavy atom. The normalized spacial score (nSPS) is 14.6.